The van der Waals surface area contributed by atoms with Gasteiger partial charge < -0.3 is 0 Å². The maximum atomic E-state index is 5.70. The van der Waals surface area contributed by atoms with Gasteiger partial charge >= 0.3 is 64.8 Å². The Kier molecular flexibility index (Phi) is 3.13. The average Bonchev–Trinajstić information content (AvgIpc) is 2.15. The van der Waals surface area contributed by atoms with Crippen LogP contribution >= 0.6 is 0 Å². The molecule has 0 amide bonds. The third-order valence-electron chi connectivity index (χ3n) is 1.81. The molecule has 0 aromatic rings. The van der Waals surface area contributed by atoms with Gasteiger partial charge in [-0.1, -0.05) is 0 Å². The molecule has 0 aromatic carbocycles. The molecule has 1 heterocycles. The summed E-state index contributed by atoms with van der Waals surface area (Å²) in [6.45, 7) is 2.13. The van der Waals surface area contributed by atoms with Crippen LogP contribution in [0.5, 0.6) is 0 Å². The van der Waals surface area contributed by atoms with Gasteiger partial charge in [0.05, 0.1) is 0 Å². The third kappa shape index (κ3) is 2.76. The molecule has 1 atom stereocenters. The van der Waals surface area contributed by atoms with Gasteiger partial charge in [-0.2, -0.15) is 0 Å². The van der Waals surface area contributed by atoms with Crippen LogP contribution in [-0.2, 0) is 0 Å². The van der Waals surface area contributed by atoms with E-state index in [1.165, 1.54) is 12.5 Å². The molecule has 2 N–H and O–H groups in total. The monoisotopic (exact) mass is 227 g/mol. The molecule has 9 heavy (non-hydrogen) atoms. The molecule has 0 saturated carbocycles. The minimum atomic E-state index is -1.00. The molecule has 0 radical (unpaired) electrons. The molecule has 0 saturated heterocycles. The first-order valence-electron chi connectivity index (χ1n) is 3.69. The summed E-state index contributed by atoms with van der Waals surface area (Å²) in [5, 5.41) is 0. The van der Waals surface area contributed by atoms with Gasteiger partial charge in [0.25, 0.3) is 0 Å². The molecule has 1 aliphatic heterocycles. The molecule has 1 aliphatic rings. The second-order valence-electron chi connectivity index (χ2n) is 3.02. The Balaban J connectivity index is 2.14. The van der Waals surface area contributed by atoms with E-state index in [1.54, 1.807) is 0 Å². The maximum absolute atomic E-state index is 5.70. The molecule has 0 bridgehead atoms. The van der Waals surface area contributed by atoms with Gasteiger partial charge in [0, 0.05) is 0 Å². The molecule has 1 unspecified atom stereocenters. The molecule has 2 heteroatoms. The van der Waals surface area contributed by atoms with Crippen molar-refractivity contribution in [3.8, 4) is 0 Å². The van der Waals surface area contributed by atoms with E-state index in [2.05, 4.69) is 19.1 Å². The summed E-state index contributed by atoms with van der Waals surface area (Å²) in [6, 6.07) is 0.477. The first-order valence-corrected chi connectivity index (χ1v) is 10.7. The van der Waals surface area contributed by atoms with Crippen molar-refractivity contribution in [1.29, 1.82) is 0 Å². The number of allylic oxidation sites excluding steroid dienone is 2. The van der Waals surface area contributed by atoms with Crippen LogP contribution in [0.4, 0.5) is 0 Å². The van der Waals surface area contributed by atoms with Crippen molar-refractivity contribution in [2.75, 3.05) is 0 Å². The van der Waals surface area contributed by atoms with E-state index in [9.17, 15) is 0 Å². The molecule has 1 nitrogen and oxygen atoms in total. The predicted molar refractivity (Wildman–Crippen MR) is 43.0 cm³/mol. The topological polar surface area (TPSA) is 26.0 Å². The molecule has 0 fully saturated rings. The zero-order valence-corrected chi connectivity index (χ0v) is 9.30. The van der Waals surface area contributed by atoms with Crippen molar-refractivity contribution in [2.24, 2.45) is 5.73 Å². The number of hydrogen-bond acceptors (Lipinski definition) is 1. The standard InChI is InChI=1S/C4H6.C3H8N.In/c1-3-4-2;1-3(2)4;/h3-4H,1-2H2;3H,1,4H2,2H3;. The fourth-order valence-electron chi connectivity index (χ4n) is 1.39. The van der Waals surface area contributed by atoms with E-state index < -0.39 is 21.4 Å². The number of hydrogen-bond donors (Lipinski definition) is 1. The summed E-state index contributed by atoms with van der Waals surface area (Å²) in [7, 11) is 0. The van der Waals surface area contributed by atoms with Crippen LogP contribution in [0.15, 0.2) is 12.2 Å². The Labute approximate surface area is 64.8 Å². The van der Waals surface area contributed by atoms with Crippen LogP contribution in [0, 0.1) is 0 Å². The van der Waals surface area contributed by atoms with Crippen molar-refractivity contribution in [1.82, 2.24) is 0 Å². The van der Waals surface area contributed by atoms with Gasteiger partial charge in [0.1, 0.15) is 0 Å². The second-order valence-corrected chi connectivity index (χ2v) is 12.0. The Hall–Kier alpha value is 0.570. The van der Waals surface area contributed by atoms with Crippen LogP contribution in [0.2, 0.25) is 12.5 Å². The van der Waals surface area contributed by atoms with Crippen molar-refractivity contribution in [3.05, 3.63) is 12.2 Å². The Morgan fingerprint density at radius 3 is 2.56 bits per heavy atom. The molecular weight excluding hydrogens is 213 g/mol. The predicted octanol–water partition coefficient (Wildman–Crippen LogP) is 1.40. The fraction of sp³-hybridized carbons (Fsp3) is 0.714. The zero-order valence-electron chi connectivity index (χ0n) is 6.01. The van der Waals surface area contributed by atoms with Crippen LogP contribution in [0.25, 0.3) is 0 Å². The fourth-order valence-corrected chi connectivity index (χ4v) is 9.34. The van der Waals surface area contributed by atoms with Crippen LogP contribution in [0.1, 0.15) is 6.92 Å². The molecule has 0 spiro atoms. The van der Waals surface area contributed by atoms with Crippen molar-refractivity contribution in [3.63, 3.8) is 0 Å². The van der Waals surface area contributed by atoms with E-state index in [-0.39, 0.29) is 0 Å². The van der Waals surface area contributed by atoms with E-state index >= 15 is 0 Å². The summed E-state index contributed by atoms with van der Waals surface area (Å²) in [4.78, 5) is 0. The summed E-state index contributed by atoms with van der Waals surface area (Å²) in [5.41, 5.74) is 5.70. The van der Waals surface area contributed by atoms with E-state index in [0.29, 0.717) is 6.04 Å². The van der Waals surface area contributed by atoms with Gasteiger partial charge in [-0.05, 0) is 0 Å². The van der Waals surface area contributed by atoms with E-state index in [4.69, 9.17) is 5.73 Å². The van der Waals surface area contributed by atoms with Crippen molar-refractivity contribution >= 4 is 21.4 Å². The van der Waals surface area contributed by atoms with Gasteiger partial charge in [0.15, 0.2) is 0 Å². The number of rotatable bonds is 2. The summed E-state index contributed by atoms with van der Waals surface area (Å²) in [6.07, 6.45) is 4.70. The van der Waals surface area contributed by atoms with Crippen molar-refractivity contribution < 1.29 is 0 Å². The Morgan fingerprint density at radius 2 is 2.11 bits per heavy atom. The molecule has 0 aliphatic carbocycles. The van der Waals surface area contributed by atoms with Crippen LogP contribution < -0.4 is 5.73 Å². The average molecular weight is 227 g/mol. The van der Waals surface area contributed by atoms with Crippen molar-refractivity contribution in [2.45, 2.75) is 25.5 Å². The number of nitrogens with two attached hydrogens (primary N) is 1. The molecule has 0 aromatic heterocycles. The Bertz CT molecular complexity index is 101. The van der Waals surface area contributed by atoms with Gasteiger partial charge in [-0.3, -0.25) is 0 Å². The zero-order chi connectivity index (χ0) is 6.69. The van der Waals surface area contributed by atoms with Gasteiger partial charge in [-0.25, -0.2) is 0 Å². The van der Waals surface area contributed by atoms with Gasteiger partial charge in [-0.15, -0.1) is 0 Å². The molecular formula is C7H14InN. The summed E-state index contributed by atoms with van der Waals surface area (Å²) in [5.74, 6) is 0. The van der Waals surface area contributed by atoms with Gasteiger partial charge in [0.2, 0.25) is 0 Å². The first-order chi connectivity index (χ1) is 4.29. The van der Waals surface area contributed by atoms with Crippen LogP contribution in [-0.4, -0.2) is 27.5 Å². The SMILES string of the molecule is CC(N)[CH2][In]1[CH2]C=C[CH2]1. The molecule has 1 rings (SSSR count). The quantitative estimate of drug-likeness (QED) is 0.709. The first kappa shape index (κ1) is 7.67. The van der Waals surface area contributed by atoms with Crippen LogP contribution in [0.3, 0.4) is 0 Å². The third-order valence-corrected chi connectivity index (χ3v) is 11.2. The normalized spacial score (nSPS) is 20.9. The second kappa shape index (κ2) is 3.67. The summed E-state index contributed by atoms with van der Waals surface area (Å²) < 4.78 is 4.32. The van der Waals surface area contributed by atoms with E-state index in [1.807, 2.05) is 0 Å². The Morgan fingerprint density at radius 1 is 1.56 bits per heavy atom. The summed E-state index contributed by atoms with van der Waals surface area (Å²) >= 11 is -1.00. The minimum absolute atomic E-state index is 0.477. The molecule has 50 valence electrons. The van der Waals surface area contributed by atoms with E-state index in [0.717, 1.165) is 0 Å².